The van der Waals surface area contributed by atoms with Gasteiger partial charge < -0.3 is 25.8 Å². The highest BCUT2D eigenvalue weighted by Gasteiger charge is 2.26. The Kier molecular flexibility index (Phi) is 6.00. The zero-order valence-corrected chi connectivity index (χ0v) is 16.1. The SMILES string of the molecule is CN1CCCN(Cc2ccc(-c3c(C(=O)O)c(N)[nH]c(=O)c3C(=O)O)cc2)CC1. The number of aromatic amines is 1. The minimum atomic E-state index is -1.51. The monoisotopic (exact) mass is 400 g/mol. The highest BCUT2D eigenvalue weighted by Crippen LogP contribution is 2.29. The van der Waals surface area contributed by atoms with Crippen molar-refractivity contribution < 1.29 is 19.8 Å². The zero-order valence-electron chi connectivity index (χ0n) is 16.1. The van der Waals surface area contributed by atoms with Gasteiger partial charge in [0.05, 0.1) is 0 Å². The van der Waals surface area contributed by atoms with Crippen LogP contribution in [0.3, 0.4) is 0 Å². The molecule has 154 valence electrons. The van der Waals surface area contributed by atoms with E-state index < -0.39 is 28.6 Å². The van der Waals surface area contributed by atoms with Crippen LogP contribution in [0.4, 0.5) is 5.82 Å². The van der Waals surface area contributed by atoms with Crippen LogP contribution in [-0.4, -0.2) is 70.2 Å². The molecule has 0 spiro atoms. The van der Waals surface area contributed by atoms with Crippen LogP contribution in [0.2, 0.25) is 0 Å². The normalized spacial score (nSPS) is 15.8. The minimum absolute atomic E-state index is 0.186. The Morgan fingerprint density at radius 1 is 1.03 bits per heavy atom. The molecule has 9 nitrogen and oxygen atoms in total. The van der Waals surface area contributed by atoms with Crippen LogP contribution in [0.5, 0.6) is 0 Å². The minimum Gasteiger partial charge on any atom is -0.478 e. The maximum atomic E-state index is 12.1. The second-order valence-electron chi connectivity index (χ2n) is 7.23. The first-order valence-electron chi connectivity index (χ1n) is 9.30. The average molecular weight is 400 g/mol. The van der Waals surface area contributed by atoms with E-state index in [0.717, 1.165) is 44.7 Å². The number of nitrogens with two attached hydrogens (primary N) is 1. The van der Waals surface area contributed by atoms with Gasteiger partial charge >= 0.3 is 11.9 Å². The molecule has 29 heavy (non-hydrogen) atoms. The topological polar surface area (TPSA) is 140 Å². The molecule has 0 saturated carbocycles. The molecule has 2 heterocycles. The van der Waals surface area contributed by atoms with E-state index >= 15 is 0 Å². The van der Waals surface area contributed by atoms with Gasteiger partial charge in [0.1, 0.15) is 16.9 Å². The summed E-state index contributed by atoms with van der Waals surface area (Å²) < 4.78 is 0. The van der Waals surface area contributed by atoms with Crippen molar-refractivity contribution in [3.8, 4) is 11.1 Å². The van der Waals surface area contributed by atoms with Crippen LogP contribution in [0.15, 0.2) is 29.1 Å². The van der Waals surface area contributed by atoms with Gasteiger partial charge in [-0.15, -0.1) is 0 Å². The molecule has 0 radical (unpaired) electrons. The summed E-state index contributed by atoms with van der Waals surface area (Å²) >= 11 is 0. The number of carboxylic acid groups (broad SMARTS) is 2. The summed E-state index contributed by atoms with van der Waals surface area (Å²) in [6.07, 6.45) is 1.09. The molecule has 1 aliphatic heterocycles. The molecule has 1 aliphatic rings. The summed E-state index contributed by atoms with van der Waals surface area (Å²) in [5.41, 5.74) is 4.82. The first-order valence-corrected chi connectivity index (χ1v) is 9.30. The molecule has 0 bridgehead atoms. The van der Waals surface area contributed by atoms with Gasteiger partial charge in [0, 0.05) is 25.2 Å². The van der Waals surface area contributed by atoms with Crippen molar-refractivity contribution in [3.63, 3.8) is 0 Å². The van der Waals surface area contributed by atoms with Crippen LogP contribution in [0.25, 0.3) is 11.1 Å². The van der Waals surface area contributed by atoms with Crippen LogP contribution < -0.4 is 11.3 Å². The van der Waals surface area contributed by atoms with Gasteiger partial charge in [0.2, 0.25) is 0 Å². The van der Waals surface area contributed by atoms with Gasteiger partial charge in [-0.3, -0.25) is 9.69 Å². The number of aromatic nitrogens is 1. The molecule has 0 aliphatic carbocycles. The number of nitrogens with zero attached hydrogens (tertiary/aromatic N) is 2. The highest BCUT2D eigenvalue weighted by atomic mass is 16.4. The Morgan fingerprint density at radius 3 is 2.31 bits per heavy atom. The van der Waals surface area contributed by atoms with E-state index in [0.29, 0.717) is 5.56 Å². The molecule has 5 N–H and O–H groups in total. The first kappa shape index (κ1) is 20.6. The molecule has 1 saturated heterocycles. The zero-order chi connectivity index (χ0) is 21.1. The predicted octanol–water partition coefficient (Wildman–Crippen LogP) is 1.16. The van der Waals surface area contributed by atoms with Gasteiger partial charge in [-0.2, -0.15) is 0 Å². The van der Waals surface area contributed by atoms with Gasteiger partial charge in [-0.1, -0.05) is 24.3 Å². The van der Waals surface area contributed by atoms with Crippen molar-refractivity contribution in [2.45, 2.75) is 13.0 Å². The average Bonchev–Trinajstić information content (AvgIpc) is 2.85. The lowest BCUT2D eigenvalue weighted by Gasteiger charge is -2.20. The lowest BCUT2D eigenvalue weighted by Crippen LogP contribution is -2.28. The van der Waals surface area contributed by atoms with Gasteiger partial charge in [0.15, 0.2) is 0 Å². The van der Waals surface area contributed by atoms with Crippen molar-refractivity contribution in [2.75, 3.05) is 39.0 Å². The van der Waals surface area contributed by atoms with E-state index in [1.165, 1.54) is 0 Å². The lowest BCUT2D eigenvalue weighted by molar-refractivity contribution is 0.0695. The van der Waals surface area contributed by atoms with Crippen molar-refractivity contribution in [2.24, 2.45) is 0 Å². The Bertz CT molecular complexity index is 984. The smallest absolute Gasteiger partial charge is 0.342 e. The Labute approximate surface area is 167 Å². The van der Waals surface area contributed by atoms with Gasteiger partial charge in [-0.25, -0.2) is 9.59 Å². The number of hydrogen-bond acceptors (Lipinski definition) is 6. The summed E-state index contributed by atoms with van der Waals surface area (Å²) in [6, 6.07) is 6.90. The molecular weight excluding hydrogens is 376 g/mol. The molecule has 1 aromatic carbocycles. The maximum Gasteiger partial charge on any atom is 0.342 e. The summed E-state index contributed by atoms with van der Waals surface area (Å²) in [7, 11) is 2.10. The maximum absolute atomic E-state index is 12.1. The van der Waals surface area contributed by atoms with Crippen LogP contribution in [0.1, 0.15) is 32.7 Å². The highest BCUT2D eigenvalue weighted by molar-refractivity contribution is 6.07. The quantitative estimate of drug-likeness (QED) is 0.586. The second-order valence-corrected chi connectivity index (χ2v) is 7.23. The number of hydrogen-bond donors (Lipinski definition) is 4. The standard InChI is InChI=1S/C20H24N4O5/c1-23-7-2-8-24(10-9-23)11-12-3-5-13(6-4-12)14-15(19(26)27)17(21)22-18(25)16(14)20(28)29/h3-6H,2,7-11H2,1H3,(H,26,27)(H,28,29)(H3,21,22,25). The summed E-state index contributed by atoms with van der Waals surface area (Å²) in [5.74, 6) is -3.30. The number of nitrogens with one attached hydrogen (secondary N) is 1. The van der Waals surface area contributed by atoms with Gasteiger partial charge in [0.25, 0.3) is 5.56 Å². The first-order chi connectivity index (χ1) is 13.8. The van der Waals surface area contributed by atoms with Crippen molar-refractivity contribution in [1.29, 1.82) is 0 Å². The van der Waals surface area contributed by atoms with E-state index in [9.17, 15) is 24.6 Å². The molecule has 2 aromatic rings. The fourth-order valence-corrected chi connectivity index (χ4v) is 3.63. The predicted molar refractivity (Wildman–Crippen MR) is 108 cm³/mol. The summed E-state index contributed by atoms with van der Waals surface area (Å²) in [5, 5.41) is 19.0. The Balaban J connectivity index is 1.96. The summed E-state index contributed by atoms with van der Waals surface area (Å²) in [4.78, 5) is 42.2. The molecular formula is C20H24N4O5. The number of benzene rings is 1. The number of H-pyrrole nitrogens is 1. The van der Waals surface area contributed by atoms with Gasteiger partial charge in [-0.05, 0) is 37.7 Å². The van der Waals surface area contributed by atoms with Crippen LogP contribution in [-0.2, 0) is 6.54 Å². The molecule has 9 heteroatoms. The number of nitrogen functional groups attached to an aromatic ring is 1. The molecule has 0 atom stereocenters. The number of rotatable bonds is 5. The largest absolute Gasteiger partial charge is 0.478 e. The third kappa shape index (κ3) is 4.47. The molecule has 1 aromatic heterocycles. The molecule has 0 amide bonds. The van der Waals surface area contributed by atoms with Crippen molar-refractivity contribution in [3.05, 3.63) is 51.3 Å². The van der Waals surface area contributed by atoms with E-state index in [4.69, 9.17) is 5.73 Å². The van der Waals surface area contributed by atoms with Crippen LogP contribution >= 0.6 is 0 Å². The van der Waals surface area contributed by atoms with E-state index in [2.05, 4.69) is 21.8 Å². The number of pyridine rings is 1. The van der Waals surface area contributed by atoms with Crippen molar-refractivity contribution >= 4 is 17.8 Å². The molecule has 1 fully saturated rings. The van der Waals surface area contributed by atoms with Crippen LogP contribution in [0, 0.1) is 0 Å². The fraction of sp³-hybridized carbons (Fsp3) is 0.350. The van der Waals surface area contributed by atoms with Crippen molar-refractivity contribution in [1.82, 2.24) is 14.8 Å². The second kappa shape index (κ2) is 8.46. The van der Waals surface area contributed by atoms with E-state index in [1.54, 1.807) is 12.1 Å². The molecule has 0 unspecified atom stereocenters. The lowest BCUT2D eigenvalue weighted by atomic mass is 9.94. The third-order valence-corrected chi connectivity index (χ3v) is 5.13. The Morgan fingerprint density at radius 2 is 1.69 bits per heavy atom. The molecule has 3 rings (SSSR count). The van der Waals surface area contributed by atoms with E-state index in [1.807, 2.05) is 12.1 Å². The number of anilines is 1. The van der Waals surface area contributed by atoms with E-state index in [-0.39, 0.29) is 11.4 Å². The number of likely N-dealkylation sites (N-methyl/N-ethyl adjacent to an activating group) is 1. The fourth-order valence-electron chi connectivity index (χ4n) is 3.63. The summed E-state index contributed by atoms with van der Waals surface area (Å²) in [6.45, 7) is 4.74. The number of carbonyl (C=O) groups is 2. The Hall–Kier alpha value is -3.17. The third-order valence-electron chi connectivity index (χ3n) is 5.13. The number of aromatic carboxylic acids is 2. The number of carboxylic acids is 2.